The summed E-state index contributed by atoms with van der Waals surface area (Å²) in [4.78, 5) is 15.9. The first kappa shape index (κ1) is 19.3. The van der Waals surface area contributed by atoms with Crippen molar-refractivity contribution in [1.82, 2.24) is 15.2 Å². The predicted octanol–water partition coefficient (Wildman–Crippen LogP) is 3.31. The zero-order valence-electron chi connectivity index (χ0n) is 13.6. The van der Waals surface area contributed by atoms with Crippen LogP contribution in [0.3, 0.4) is 0 Å². The molecule has 0 saturated carbocycles. The summed E-state index contributed by atoms with van der Waals surface area (Å²) in [5.74, 6) is -0.266. The molecule has 2 aromatic carbocycles. The van der Waals surface area contributed by atoms with Crippen LogP contribution in [0.2, 0.25) is 10.0 Å². The number of anilines is 2. The zero-order valence-corrected chi connectivity index (χ0v) is 15.9. The van der Waals surface area contributed by atoms with Crippen LogP contribution >= 0.6 is 23.2 Å². The van der Waals surface area contributed by atoms with Crippen molar-refractivity contribution in [1.29, 1.82) is 0 Å². The maximum Gasteiger partial charge on any atom is 0.260 e. The summed E-state index contributed by atoms with van der Waals surface area (Å²) < 4.78 is 26.7. The monoisotopic (exact) mass is 425 g/mol. The van der Waals surface area contributed by atoms with Gasteiger partial charge in [0.15, 0.2) is 15.3 Å². The van der Waals surface area contributed by atoms with Gasteiger partial charge >= 0.3 is 0 Å². The van der Waals surface area contributed by atoms with E-state index in [0.717, 1.165) is 0 Å². The summed E-state index contributed by atoms with van der Waals surface area (Å²) in [6.45, 7) is 0. The standard InChI is InChI=1S/C16H13Cl2N5O3S/c17-13-6-1-10(7-14(13)18)8-15(24)21-11-2-4-12(5-3-11)27(25,26)23-16-19-9-20-22-16/h1-7,9H,8H2,(H3-,19,20,21,22,23,24,25,26). The zero-order chi connectivity index (χ0) is 19.4. The third kappa shape index (κ3) is 5.04. The van der Waals surface area contributed by atoms with Gasteiger partial charge in [0.05, 0.1) is 16.5 Å². The van der Waals surface area contributed by atoms with Crippen molar-refractivity contribution < 1.29 is 13.6 Å². The van der Waals surface area contributed by atoms with Gasteiger partial charge in [-0.1, -0.05) is 33.5 Å². The van der Waals surface area contributed by atoms with Gasteiger partial charge in [0, 0.05) is 5.69 Å². The molecule has 0 aliphatic rings. The lowest BCUT2D eigenvalue weighted by molar-refractivity contribution is -0.115. The number of carbonyl (C=O) groups excluding carboxylic acids is 1. The normalized spacial score (nSPS) is 13.0. The highest BCUT2D eigenvalue weighted by Gasteiger charge is 2.21. The smallest absolute Gasteiger partial charge is 0.260 e. The molecule has 0 bridgehead atoms. The van der Waals surface area contributed by atoms with Crippen molar-refractivity contribution in [3.63, 3.8) is 0 Å². The van der Waals surface area contributed by atoms with Gasteiger partial charge in [0.25, 0.3) is 5.95 Å². The minimum absolute atomic E-state index is 0.00834. The second-order valence-electron chi connectivity index (χ2n) is 5.44. The average molecular weight is 426 g/mol. The van der Waals surface area contributed by atoms with E-state index in [9.17, 15) is 13.6 Å². The van der Waals surface area contributed by atoms with E-state index in [4.69, 9.17) is 23.2 Å². The fourth-order valence-electron chi connectivity index (χ4n) is 2.20. The van der Waals surface area contributed by atoms with Gasteiger partial charge < -0.3 is 9.87 Å². The highest BCUT2D eigenvalue weighted by molar-refractivity contribution is 7.98. The number of rotatable bonds is 6. The Morgan fingerprint density at radius 1 is 1.15 bits per heavy atom. The molecule has 8 nitrogen and oxygen atoms in total. The van der Waals surface area contributed by atoms with Crippen LogP contribution in [0.5, 0.6) is 0 Å². The Balaban J connectivity index is 1.63. The largest absolute Gasteiger partial charge is 0.588 e. The molecule has 140 valence electrons. The molecule has 0 aliphatic heterocycles. The molecular weight excluding hydrogens is 413 g/mol. The van der Waals surface area contributed by atoms with E-state index in [1.54, 1.807) is 18.2 Å². The van der Waals surface area contributed by atoms with E-state index in [0.29, 0.717) is 21.3 Å². The predicted molar refractivity (Wildman–Crippen MR) is 102 cm³/mol. The van der Waals surface area contributed by atoms with Crippen molar-refractivity contribution in [3.05, 3.63) is 64.4 Å². The topological polar surface area (TPSA) is 123 Å². The van der Waals surface area contributed by atoms with Gasteiger partial charge in [-0.15, -0.1) is 0 Å². The molecule has 0 spiro atoms. The number of benzene rings is 2. The maximum atomic E-state index is 12.2. The number of nitrogens with one attached hydrogen (secondary N) is 3. The van der Waals surface area contributed by atoms with Gasteiger partial charge in [-0.05, 0) is 42.0 Å². The van der Waals surface area contributed by atoms with Crippen molar-refractivity contribution in [2.24, 2.45) is 0 Å². The number of aromatic amines is 1. The Labute approximate surface area is 165 Å². The molecule has 1 atom stereocenters. The van der Waals surface area contributed by atoms with Crippen LogP contribution in [0.4, 0.5) is 11.6 Å². The molecule has 27 heavy (non-hydrogen) atoms. The molecule has 1 unspecified atom stereocenters. The van der Waals surface area contributed by atoms with Gasteiger partial charge in [0.1, 0.15) is 6.33 Å². The lowest BCUT2D eigenvalue weighted by atomic mass is 10.1. The second-order valence-corrected chi connectivity index (χ2v) is 7.93. The molecule has 11 heteroatoms. The summed E-state index contributed by atoms with van der Waals surface area (Å²) in [5, 5.41) is 9.44. The average Bonchev–Trinajstić information content (AvgIpc) is 3.11. The first-order valence-corrected chi connectivity index (χ1v) is 9.79. The fourth-order valence-corrected chi connectivity index (χ4v) is 3.48. The Morgan fingerprint density at radius 2 is 1.89 bits per heavy atom. The lowest BCUT2D eigenvalue weighted by Gasteiger charge is -2.14. The van der Waals surface area contributed by atoms with Gasteiger partial charge in [-0.3, -0.25) is 4.79 Å². The molecule has 0 aliphatic carbocycles. The lowest BCUT2D eigenvalue weighted by Crippen LogP contribution is -2.22. The molecule has 3 rings (SSSR count). The molecular formula is C16H13Cl2N5O3S. The van der Waals surface area contributed by atoms with Gasteiger partial charge in [-0.2, -0.15) is 14.8 Å². The number of hydrogen-bond donors (Lipinski definition) is 3. The van der Waals surface area contributed by atoms with E-state index < -0.39 is 10.4 Å². The Morgan fingerprint density at radius 3 is 2.52 bits per heavy atom. The van der Waals surface area contributed by atoms with Crippen molar-refractivity contribution in [2.75, 3.05) is 10.0 Å². The SMILES string of the molecule is O=C(Cc1ccc(Cl)c(Cl)c1)Nc1ccc([S+](=O)([O-])Nc2ncn[nH]2)cc1. The number of sulfonamides is 1. The van der Waals surface area contributed by atoms with Gasteiger partial charge in [0.2, 0.25) is 5.91 Å². The first-order valence-electron chi connectivity index (χ1n) is 7.55. The molecule has 1 amide bonds. The number of halogens is 2. The van der Waals surface area contributed by atoms with Crippen LogP contribution in [-0.4, -0.2) is 25.6 Å². The van der Waals surface area contributed by atoms with Crippen LogP contribution in [-0.2, 0) is 25.8 Å². The second kappa shape index (κ2) is 8.05. The number of nitrogens with zero attached hydrogens (tertiary/aromatic N) is 2. The van der Waals surface area contributed by atoms with Crippen LogP contribution in [0.25, 0.3) is 0 Å². The fraction of sp³-hybridized carbons (Fsp3) is 0.0625. The number of H-pyrrole nitrogens is 1. The van der Waals surface area contributed by atoms with Crippen molar-refractivity contribution >= 4 is 51.1 Å². The van der Waals surface area contributed by atoms with Crippen LogP contribution in [0.15, 0.2) is 53.7 Å². The molecule has 0 saturated heterocycles. The van der Waals surface area contributed by atoms with Crippen LogP contribution in [0, 0.1) is 0 Å². The molecule has 0 radical (unpaired) electrons. The molecule has 1 heterocycles. The van der Waals surface area contributed by atoms with E-state index in [2.05, 4.69) is 25.2 Å². The summed E-state index contributed by atoms with van der Waals surface area (Å²) >= 11 is 11.8. The van der Waals surface area contributed by atoms with E-state index >= 15 is 0 Å². The van der Waals surface area contributed by atoms with Gasteiger partial charge in [-0.25, -0.2) is 5.10 Å². The van der Waals surface area contributed by atoms with E-state index in [1.165, 1.54) is 30.6 Å². The van der Waals surface area contributed by atoms with Crippen molar-refractivity contribution in [2.45, 2.75) is 11.3 Å². The quantitative estimate of drug-likeness (QED) is 0.522. The number of aromatic nitrogens is 3. The molecule has 3 aromatic rings. The Kier molecular flexibility index (Phi) is 5.76. The summed E-state index contributed by atoms with van der Waals surface area (Å²) in [7, 11) is -3.81. The van der Waals surface area contributed by atoms with Crippen LogP contribution in [0.1, 0.15) is 5.56 Å². The highest BCUT2D eigenvalue weighted by Crippen LogP contribution is 2.23. The molecule has 3 N–H and O–H groups in total. The minimum atomic E-state index is -3.81. The first-order chi connectivity index (χ1) is 12.8. The summed E-state index contributed by atoms with van der Waals surface area (Å²) in [6, 6.07) is 10.7. The number of carbonyl (C=O) groups is 1. The summed E-state index contributed by atoms with van der Waals surface area (Å²) in [6.07, 6.45) is 1.29. The third-order valence-electron chi connectivity index (χ3n) is 3.44. The van der Waals surface area contributed by atoms with E-state index in [-0.39, 0.29) is 23.2 Å². The molecule has 1 aromatic heterocycles. The van der Waals surface area contributed by atoms with E-state index in [1.807, 2.05) is 0 Å². The maximum absolute atomic E-state index is 12.2. The van der Waals surface area contributed by atoms with Crippen molar-refractivity contribution in [3.8, 4) is 0 Å². The number of hydrogen-bond acceptors (Lipinski definition) is 5. The highest BCUT2D eigenvalue weighted by atomic mass is 35.5. The third-order valence-corrected chi connectivity index (χ3v) is 5.54. The Hall–Kier alpha value is -2.46. The molecule has 0 fully saturated rings. The minimum Gasteiger partial charge on any atom is -0.588 e. The Bertz CT molecular complexity index is 996. The summed E-state index contributed by atoms with van der Waals surface area (Å²) in [5.41, 5.74) is 1.16. The number of amides is 1. The van der Waals surface area contributed by atoms with Crippen LogP contribution < -0.4 is 10.0 Å².